The van der Waals surface area contributed by atoms with Crippen LogP contribution >= 0.6 is 23.1 Å². The summed E-state index contributed by atoms with van der Waals surface area (Å²) in [4.78, 5) is 19.4. The molecule has 0 bridgehead atoms. The molecule has 4 nitrogen and oxygen atoms in total. The Kier molecular flexibility index (Phi) is 3.44. The normalized spacial score (nSPS) is 10.5. The Labute approximate surface area is 107 Å². The Hall–Kier alpha value is -1.40. The molecule has 1 N–H and O–H groups in total. The van der Waals surface area contributed by atoms with E-state index < -0.39 is 5.97 Å². The minimum atomic E-state index is -0.948. The van der Waals surface area contributed by atoms with Gasteiger partial charge in [0.25, 0.3) is 0 Å². The van der Waals surface area contributed by atoms with Crippen LogP contribution in [0.25, 0.3) is 0 Å². The lowest BCUT2D eigenvalue weighted by atomic mass is 10.2. The number of carboxylic acid groups (broad SMARTS) is 1. The highest BCUT2D eigenvalue weighted by Crippen LogP contribution is 2.29. The van der Waals surface area contributed by atoms with Gasteiger partial charge >= 0.3 is 5.97 Å². The van der Waals surface area contributed by atoms with Gasteiger partial charge in [-0.15, -0.1) is 11.3 Å². The van der Waals surface area contributed by atoms with Gasteiger partial charge in [0, 0.05) is 11.1 Å². The average Bonchev–Trinajstić information content (AvgIpc) is 2.63. The molecule has 0 atom stereocenters. The second-order valence-electron chi connectivity index (χ2n) is 3.44. The predicted octanol–water partition coefficient (Wildman–Crippen LogP) is 3.00. The topological polar surface area (TPSA) is 63.1 Å². The molecular formula is C11H10N2O2S2. The first-order valence-electron chi connectivity index (χ1n) is 4.87. The second kappa shape index (κ2) is 4.85. The van der Waals surface area contributed by atoms with Crippen molar-refractivity contribution in [3.8, 4) is 0 Å². The molecule has 17 heavy (non-hydrogen) atoms. The molecule has 0 amide bonds. The fourth-order valence-corrected chi connectivity index (χ4v) is 3.09. The summed E-state index contributed by atoms with van der Waals surface area (Å²) in [5.74, 6) is -0.948. The van der Waals surface area contributed by atoms with Crippen LogP contribution in [0.1, 0.15) is 21.7 Å². The summed E-state index contributed by atoms with van der Waals surface area (Å²) in [6.45, 7) is 3.63. The molecule has 0 aliphatic rings. The first-order valence-corrected chi connectivity index (χ1v) is 6.57. The Morgan fingerprint density at radius 2 is 2.12 bits per heavy atom. The first kappa shape index (κ1) is 12.1. The van der Waals surface area contributed by atoms with Gasteiger partial charge in [-0.25, -0.2) is 14.8 Å². The molecule has 2 aromatic rings. The van der Waals surface area contributed by atoms with E-state index in [0.717, 1.165) is 15.1 Å². The number of aryl methyl sites for hydroxylation is 2. The monoisotopic (exact) mass is 266 g/mol. The molecule has 0 aliphatic heterocycles. The Morgan fingerprint density at radius 1 is 1.35 bits per heavy atom. The molecule has 0 aromatic carbocycles. The number of nitrogens with zero attached hydrogens (tertiary/aromatic N) is 2. The van der Waals surface area contributed by atoms with Crippen LogP contribution in [0.15, 0.2) is 26.9 Å². The number of aromatic nitrogens is 2. The van der Waals surface area contributed by atoms with Gasteiger partial charge in [-0.3, -0.25) is 0 Å². The maximum atomic E-state index is 10.8. The molecule has 2 heterocycles. The van der Waals surface area contributed by atoms with E-state index in [1.807, 2.05) is 12.3 Å². The Bertz CT molecular complexity index is 566. The van der Waals surface area contributed by atoms with E-state index in [0.29, 0.717) is 5.69 Å². The second-order valence-corrected chi connectivity index (χ2v) is 5.57. The lowest BCUT2D eigenvalue weighted by Crippen LogP contribution is -2.01. The smallest absolute Gasteiger partial charge is 0.337 e. The molecule has 2 aromatic heterocycles. The van der Waals surface area contributed by atoms with E-state index in [2.05, 4.69) is 9.97 Å². The van der Waals surface area contributed by atoms with Crippen LogP contribution in [0.3, 0.4) is 0 Å². The van der Waals surface area contributed by atoms with Crippen molar-refractivity contribution in [2.75, 3.05) is 0 Å². The van der Waals surface area contributed by atoms with Crippen molar-refractivity contribution < 1.29 is 9.90 Å². The third-order valence-corrected chi connectivity index (χ3v) is 4.07. The van der Waals surface area contributed by atoms with Crippen LogP contribution < -0.4 is 0 Å². The fourth-order valence-electron chi connectivity index (χ4n) is 1.29. The minimum Gasteiger partial charge on any atom is -0.478 e. The quantitative estimate of drug-likeness (QED) is 0.925. The molecule has 6 heteroatoms. The highest BCUT2D eigenvalue weighted by Gasteiger charge is 2.10. The summed E-state index contributed by atoms with van der Waals surface area (Å²) < 4.78 is 0.914. The third kappa shape index (κ3) is 2.83. The van der Waals surface area contributed by atoms with Crippen molar-refractivity contribution in [3.05, 3.63) is 34.5 Å². The number of hydrogen-bond donors (Lipinski definition) is 1. The molecule has 0 spiro atoms. The maximum absolute atomic E-state index is 10.8. The van der Waals surface area contributed by atoms with E-state index in [9.17, 15) is 4.79 Å². The van der Waals surface area contributed by atoms with Gasteiger partial charge in [0.05, 0.1) is 11.3 Å². The number of carboxylic acids is 1. The molecule has 0 saturated heterocycles. The van der Waals surface area contributed by atoms with Gasteiger partial charge in [0.15, 0.2) is 4.34 Å². The van der Waals surface area contributed by atoms with Crippen molar-refractivity contribution in [3.63, 3.8) is 0 Å². The van der Waals surface area contributed by atoms with E-state index in [1.165, 1.54) is 11.8 Å². The standard InChI is InChI=1S/C11H10N2O2S2/c1-6-5-16-11(12-6)17-9-4-3-8(10(14)15)7(2)13-9/h3-5H,1-2H3,(H,14,15). The predicted molar refractivity (Wildman–Crippen MR) is 66.9 cm³/mol. The summed E-state index contributed by atoms with van der Waals surface area (Å²) in [5, 5.41) is 11.6. The highest BCUT2D eigenvalue weighted by atomic mass is 32.2. The third-order valence-electron chi connectivity index (χ3n) is 2.08. The van der Waals surface area contributed by atoms with Crippen molar-refractivity contribution in [2.24, 2.45) is 0 Å². The molecule has 0 aliphatic carbocycles. The summed E-state index contributed by atoms with van der Waals surface area (Å²) in [6, 6.07) is 3.28. The van der Waals surface area contributed by atoms with Gasteiger partial charge < -0.3 is 5.11 Å². The molecular weight excluding hydrogens is 256 g/mol. The zero-order valence-electron chi connectivity index (χ0n) is 9.30. The number of carbonyl (C=O) groups is 1. The van der Waals surface area contributed by atoms with Crippen LogP contribution in [0, 0.1) is 13.8 Å². The highest BCUT2D eigenvalue weighted by molar-refractivity contribution is 8.01. The number of aromatic carboxylic acids is 1. The van der Waals surface area contributed by atoms with Crippen molar-refractivity contribution >= 4 is 29.1 Å². The lowest BCUT2D eigenvalue weighted by Gasteiger charge is -2.02. The molecule has 0 unspecified atom stereocenters. The van der Waals surface area contributed by atoms with E-state index in [1.54, 1.807) is 30.4 Å². The van der Waals surface area contributed by atoms with Crippen LogP contribution in [0.4, 0.5) is 0 Å². The van der Waals surface area contributed by atoms with Gasteiger partial charge in [0.1, 0.15) is 5.03 Å². The molecule has 88 valence electrons. The van der Waals surface area contributed by atoms with Gasteiger partial charge in [-0.05, 0) is 37.7 Å². The van der Waals surface area contributed by atoms with Gasteiger partial charge in [-0.1, -0.05) is 0 Å². The number of thiazole rings is 1. The van der Waals surface area contributed by atoms with Crippen LogP contribution in [0.2, 0.25) is 0 Å². The van der Waals surface area contributed by atoms with Gasteiger partial charge in [-0.2, -0.15) is 0 Å². The Balaban J connectivity index is 2.23. The van der Waals surface area contributed by atoms with E-state index in [4.69, 9.17) is 5.11 Å². The fraction of sp³-hybridized carbons (Fsp3) is 0.182. The maximum Gasteiger partial charge on any atom is 0.337 e. The zero-order valence-corrected chi connectivity index (χ0v) is 10.9. The van der Waals surface area contributed by atoms with Crippen molar-refractivity contribution in [1.29, 1.82) is 0 Å². The molecule has 0 fully saturated rings. The summed E-state index contributed by atoms with van der Waals surface area (Å²) in [6.07, 6.45) is 0. The average molecular weight is 266 g/mol. The Morgan fingerprint density at radius 3 is 2.65 bits per heavy atom. The summed E-state index contributed by atoms with van der Waals surface area (Å²) in [5.41, 5.74) is 1.75. The zero-order chi connectivity index (χ0) is 12.4. The van der Waals surface area contributed by atoms with Crippen LogP contribution in [-0.2, 0) is 0 Å². The van der Waals surface area contributed by atoms with Crippen LogP contribution in [0.5, 0.6) is 0 Å². The van der Waals surface area contributed by atoms with Crippen molar-refractivity contribution in [2.45, 2.75) is 23.2 Å². The van der Waals surface area contributed by atoms with E-state index >= 15 is 0 Å². The minimum absolute atomic E-state index is 0.240. The first-order chi connectivity index (χ1) is 8.06. The van der Waals surface area contributed by atoms with Crippen LogP contribution in [-0.4, -0.2) is 21.0 Å². The summed E-state index contributed by atoms with van der Waals surface area (Å²) >= 11 is 3.00. The summed E-state index contributed by atoms with van der Waals surface area (Å²) in [7, 11) is 0. The SMILES string of the molecule is Cc1csc(Sc2ccc(C(=O)O)c(C)n2)n1. The van der Waals surface area contributed by atoms with E-state index in [-0.39, 0.29) is 5.56 Å². The molecule has 0 radical (unpaired) electrons. The molecule has 2 rings (SSSR count). The van der Waals surface area contributed by atoms with Gasteiger partial charge in [0.2, 0.25) is 0 Å². The number of hydrogen-bond acceptors (Lipinski definition) is 5. The lowest BCUT2D eigenvalue weighted by molar-refractivity contribution is 0.0695. The molecule has 0 saturated carbocycles. The van der Waals surface area contributed by atoms with Crippen molar-refractivity contribution in [1.82, 2.24) is 9.97 Å². The number of rotatable bonds is 3. The number of pyridine rings is 1. The largest absolute Gasteiger partial charge is 0.478 e.